The Balaban J connectivity index is 1.88. The molecule has 1 heterocycles. The Kier molecular flexibility index (Phi) is 2.75. The second-order valence-electron chi connectivity index (χ2n) is 5.92. The van der Waals surface area contributed by atoms with Gasteiger partial charge in [0, 0.05) is 25.0 Å². The number of carbonyl (C=O) groups is 1. The molecule has 1 aliphatic carbocycles. The first-order valence-electron chi connectivity index (χ1n) is 6.02. The van der Waals surface area contributed by atoms with E-state index in [1.165, 1.54) is 19.3 Å². The van der Waals surface area contributed by atoms with Crippen molar-refractivity contribution in [1.82, 2.24) is 4.90 Å². The second-order valence-corrected chi connectivity index (χ2v) is 5.92. The van der Waals surface area contributed by atoms with Crippen molar-refractivity contribution in [3.05, 3.63) is 0 Å². The van der Waals surface area contributed by atoms with E-state index in [9.17, 15) is 4.79 Å². The Bertz CT molecular complexity index is 245. The van der Waals surface area contributed by atoms with Crippen molar-refractivity contribution in [1.29, 1.82) is 0 Å². The van der Waals surface area contributed by atoms with Crippen molar-refractivity contribution in [2.24, 2.45) is 17.6 Å². The van der Waals surface area contributed by atoms with Crippen LogP contribution in [0.3, 0.4) is 0 Å². The standard InChI is InChI=1S/C12H22N2O/c1-12(2,13)6-11(15)14-7-9-4-3-5-10(9)8-14/h9-10H,3-8,13H2,1-2H3. The third-order valence-electron chi connectivity index (χ3n) is 3.69. The Labute approximate surface area is 92.0 Å². The van der Waals surface area contributed by atoms with Crippen molar-refractivity contribution < 1.29 is 4.79 Å². The second kappa shape index (κ2) is 3.78. The highest BCUT2D eigenvalue weighted by Gasteiger charge is 2.38. The van der Waals surface area contributed by atoms with Gasteiger partial charge < -0.3 is 10.6 Å². The number of amides is 1. The number of likely N-dealkylation sites (tertiary alicyclic amines) is 1. The van der Waals surface area contributed by atoms with E-state index in [0.717, 1.165) is 24.9 Å². The van der Waals surface area contributed by atoms with Gasteiger partial charge in [0.15, 0.2) is 0 Å². The minimum atomic E-state index is -0.366. The smallest absolute Gasteiger partial charge is 0.224 e. The molecule has 1 saturated carbocycles. The third kappa shape index (κ3) is 2.51. The van der Waals surface area contributed by atoms with Gasteiger partial charge in [-0.05, 0) is 38.5 Å². The molecule has 0 aromatic carbocycles. The third-order valence-corrected chi connectivity index (χ3v) is 3.69. The molecule has 3 nitrogen and oxygen atoms in total. The van der Waals surface area contributed by atoms with Crippen LogP contribution in [0.25, 0.3) is 0 Å². The predicted octanol–water partition coefficient (Wildman–Crippen LogP) is 1.37. The van der Waals surface area contributed by atoms with Crippen molar-refractivity contribution in [2.45, 2.75) is 45.1 Å². The molecule has 2 atom stereocenters. The van der Waals surface area contributed by atoms with E-state index in [2.05, 4.69) is 0 Å². The lowest BCUT2D eigenvalue weighted by Crippen LogP contribution is -2.40. The molecule has 1 aliphatic heterocycles. The molecule has 0 spiro atoms. The van der Waals surface area contributed by atoms with Crippen LogP contribution in [-0.2, 0) is 4.79 Å². The van der Waals surface area contributed by atoms with Crippen molar-refractivity contribution >= 4 is 5.91 Å². The lowest BCUT2D eigenvalue weighted by atomic mass is 10.0. The summed E-state index contributed by atoms with van der Waals surface area (Å²) in [6.45, 7) is 5.81. The van der Waals surface area contributed by atoms with Crippen LogP contribution in [0.5, 0.6) is 0 Å². The van der Waals surface area contributed by atoms with Crippen LogP contribution in [-0.4, -0.2) is 29.4 Å². The highest BCUT2D eigenvalue weighted by molar-refractivity contribution is 5.77. The summed E-state index contributed by atoms with van der Waals surface area (Å²) in [5, 5.41) is 0. The minimum absolute atomic E-state index is 0.247. The first-order chi connectivity index (χ1) is 6.96. The summed E-state index contributed by atoms with van der Waals surface area (Å²) in [4.78, 5) is 14.0. The van der Waals surface area contributed by atoms with E-state index in [4.69, 9.17) is 5.73 Å². The quantitative estimate of drug-likeness (QED) is 0.748. The number of nitrogens with two attached hydrogens (primary N) is 1. The van der Waals surface area contributed by atoms with E-state index in [1.54, 1.807) is 0 Å². The van der Waals surface area contributed by atoms with Gasteiger partial charge in [-0.1, -0.05) is 6.42 Å². The van der Waals surface area contributed by atoms with Crippen LogP contribution >= 0.6 is 0 Å². The summed E-state index contributed by atoms with van der Waals surface area (Å²) in [6, 6.07) is 0. The van der Waals surface area contributed by atoms with Gasteiger partial charge in [-0.15, -0.1) is 0 Å². The Morgan fingerprint density at radius 3 is 2.33 bits per heavy atom. The van der Waals surface area contributed by atoms with Gasteiger partial charge in [0.2, 0.25) is 5.91 Å². The van der Waals surface area contributed by atoms with E-state index in [-0.39, 0.29) is 11.4 Å². The number of nitrogens with zero attached hydrogens (tertiary/aromatic N) is 1. The Hall–Kier alpha value is -0.570. The van der Waals surface area contributed by atoms with E-state index in [0.29, 0.717) is 6.42 Å². The zero-order valence-corrected chi connectivity index (χ0v) is 9.83. The Morgan fingerprint density at radius 2 is 1.87 bits per heavy atom. The average Bonchev–Trinajstić information content (AvgIpc) is 2.56. The van der Waals surface area contributed by atoms with Crippen LogP contribution in [0.15, 0.2) is 0 Å². The van der Waals surface area contributed by atoms with Crippen LogP contribution in [0.2, 0.25) is 0 Å². The lowest BCUT2D eigenvalue weighted by Gasteiger charge is -2.23. The van der Waals surface area contributed by atoms with Gasteiger partial charge in [0.05, 0.1) is 0 Å². The maximum atomic E-state index is 11.9. The Morgan fingerprint density at radius 1 is 1.33 bits per heavy atom. The molecule has 3 heteroatoms. The maximum absolute atomic E-state index is 11.9. The molecular formula is C12H22N2O. The van der Waals surface area contributed by atoms with Crippen LogP contribution < -0.4 is 5.73 Å². The van der Waals surface area contributed by atoms with Gasteiger partial charge >= 0.3 is 0 Å². The van der Waals surface area contributed by atoms with Crippen molar-refractivity contribution in [3.8, 4) is 0 Å². The first kappa shape index (κ1) is 10.9. The zero-order chi connectivity index (χ0) is 11.1. The normalized spacial score (nSPS) is 30.7. The molecule has 0 bridgehead atoms. The molecular weight excluding hydrogens is 188 g/mol. The number of rotatable bonds is 2. The van der Waals surface area contributed by atoms with Crippen molar-refractivity contribution in [3.63, 3.8) is 0 Å². The molecule has 86 valence electrons. The summed E-state index contributed by atoms with van der Waals surface area (Å²) in [5.41, 5.74) is 5.51. The fourth-order valence-corrected chi connectivity index (χ4v) is 2.94. The van der Waals surface area contributed by atoms with E-state index < -0.39 is 0 Å². The molecule has 2 rings (SSSR count). The van der Waals surface area contributed by atoms with Crippen LogP contribution in [0, 0.1) is 11.8 Å². The summed E-state index contributed by atoms with van der Waals surface area (Å²) in [5.74, 6) is 1.82. The fraction of sp³-hybridized carbons (Fsp3) is 0.917. The molecule has 15 heavy (non-hydrogen) atoms. The highest BCUT2D eigenvalue weighted by Crippen LogP contribution is 2.37. The fourth-order valence-electron chi connectivity index (χ4n) is 2.94. The monoisotopic (exact) mass is 210 g/mol. The summed E-state index contributed by atoms with van der Waals surface area (Å²) in [6.07, 6.45) is 4.48. The zero-order valence-electron chi connectivity index (χ0n) is 9.83. The van der Waals surface area contributed by atoms with Gasteiger partial charge in [0.25, 0.3) is 0 Å². The lowest BCUT2D eigenvalue weighted by molar-refractivity contribution is -0.131. The van der Waals surface area contributed by atoms with Gasteiger partial charge in [-0.3, -0.25) is 4.79 Å². The van der Waals surface area contributed by atoms with E-state index >= 15 is 0 Å². The highest BCUT2D eigenvalue weighted by atomic mass is 16.2. The van der Waals surface area contributed by atoms with Gasteiger partial charge in [-0.2, -0.15) is 0 Å². The van der Waals surface area contributed by atoms with E-state index in [1.807, 2.05) is 18.7 Å². The summed E-state index contributed by atoms with van der Waals surface area (Å²) in [7, 11) is 0. The molecule has 1 saturated heterocycles. The maximum Gasteiger partial charge on any atom is 0.224 e. The molecule has 2 unspecified atom stereocenters. The average molecular weight is 210 g/mol. The summed E-state index contributed by atoms with van der Waals surface area (Å²) < 4.78 is 0. The molecule has 2 fully saturated rings. The predicted molar refractivity (Wildman–Crippen MR) is 60.3 cm³/mol. The molecule has 1 amide bonds. The molecule has 2 aliphatic rings. The number of carbonyl (C=O) groups excluding carboxylic acids is 1. The molecule has 0 aromatic heterocycles. The SMILES string of the molecule is CC(C)(N)CC(=O)N1CC2CCCC2C1. The largest absolute Gasteiger partial charge is 0.342 e. The number of hydrogen-bond acceptors (Lipinski definition) is 2. The topological polar surface area (TPSA) is 46.3 Å². The van der Waals surface area contributed by atoms with Crippen LogP contribution in [0.1, 0.15) is 39.5 Å². The number of hydrogen-bond donors (Lipinski definition) is 1. The van der Waals surface area contributed by atoms with Gasteiger partial charge in [0.1, 0.15) is 0 Å². The first-order valence-corrected chi connectivity index (χ1v) is 6.02. The molecule has 0 aromatic rings. The van der Waals surface area contributed by atoms with Crippen LogP contribution in [0.4, 0.5) is 0 Å². The molecule has 2 N–H and O–H groups in total. The summed E-state index contributed by atoms with van der Waals surface area (Å²) >= 11 is 0. The number of fused-ring (bicyclic) bond motifs is 1. The minimum Gasteiger partial charge on any atom is -0.342 e. The van der Waals surface area contributed by atoms with Gasteiger partial charge in [-0.25, -0.2) is 0 Å². The molecule has 0 radical (unpaired) electrons. The van der Waals surface area contributed by atoms with Crippen molar-refractivity contribution in [2.75, 3.05) is 13.1 Å².